The number of nitrogens with one attached hydrogen (secondary N) is 1. The maximum Gasteiger partial charge on any atom is 0.394 e. The van der Waals surface area contributed by atoms with Crippen LogP contribution in [0.15, 0.2) is 70.0 Å². The molecule has 410 valence electrons. The van der Waals surface area contributed by atoms with Gasteiger partial charge in [-0.1, -0.05) is 11.6 Å². The quantitative estimate of drug-likeness (QED) is 0.0341. The molecule has 0 saturated carbocycles. The highest BCUT2D eigenvalue weighted by Crippen LogP contribution is 2.67. The van der Waals surface area contributed by atoms with Gasteiger partial charge in [-0.3, -0.25) is 46.4 Å². The van der Waals surface area contributed by atoms with Gasteiger partial charge in [-0.25, -0.2) is 33.9 Å². The fourth-order valence-electron chi connectivity index (χ4n) is 8.47. The number of hydrogen-bond donors (Lipinski definition) is 5. The van der Waals surface area contributed by atoms with Gasteiger partial charge in [0.25, 0.3) is 5.56 Å². The van der Waals surface area contributed by atoms with E-state index >= 15 is 4.57 Å². The van der Waals surface area contributed by atoms with Crippen LogP contribution in [0.25, 0.3) is 22.3 Å². The summed E-state index contributed by atoms with van der Waals surface area (Å²) in [7, 11) is 0. The number of nitrogens with zero attached hydrogens (tertiary/aromatic N) is 10. The fourth-order valence-corrected chi connectivity index (χ4v) is 15.4. The number of fused-ring (bicyclic) bond motifs is 2. The second kappa shape index (κ2) is 24.0. The molecule has 0 amide bonds. The average molecular weight is 1160 g/mol. The minimum atomic E-state index is -4.55. The van der Waals surface area contributed by atoms with Crippen LogP contribution in [0.4, 0.5) is 17.6 Å². The molecule has 0 aliphatic carbocycles. The number of anilines is 3. The summed E-state index contributed by atoms with van der Waals surface area (Å²) in [5.74, 6) is -1.15. The van der Waals surface area contributed by atoms with Crippen LogP contribution < -0.4 is 28.5 Å². The zero-order chi connectivity index (χ0) is 54.6. The Morgan fingerprint density at radius 2 is 1.45 bits per heavy atom. The largest absolute Gasteiger partial charge is 0.459 e. The number of halogens is 1. The predicted octanol–water partition coefficient (Wildman–Crippen LogP) is 4.21. The van der Waals surface area contributed by atoms with Crippen molar-refractivity contribution in [3.05, 3.63) is 81.4 Å². The maximum atomic E-state index is 15.5. The molecule has 3 aliphatic heterocycles. The number of ether oxygens (including phenoxy) is 4. The molecule has 77 heavy (non-hydrogen) atoms. The van der Waals surface area contributed by atoms with E-state index < -0.39 is 106 Å². The van der Waals surface area contributed by atoms with Gasteiger partial charge in [-0.2, -0.15) is 15.2 Å². The van der Waals surface area contributed by atoms with Crippen LogP contribution in [0.3, 0.4) is 0 Å². The molecule has 1 aromatic carbocycles. The number of ketones is 1. The summed E-state index contributed by atoms with van der Waals surface area (Å²) in [6, 6.07) is 9.65. The smallest absolute Gasteiger partial charge is 0.394 e. The molecule has 0 radical (unpaired) electrons. The standard InChI is InChI=1S/C43H49ClN14O15P2S2/c1-22(60)3-8-35(61)71-25-13-32(56-11-9-31(46)53-43(56)63)69-29(25)17-67-75(65,77-24-6-4-23(44)5-7-24)73-27-15-33(57-20-51-36-38(47)49-19-50-39(36)57)70-30(27)18-66-74(64,76-12-2-10-45)72-26-14-34(68-28(26)16-59)58-21-52-37-40(58)54-42(48)55-41(37)62/h4-7,9,11,19-21,25-30,32-34,59H,2-3,8,12-18H2,1H3,(H2,46,53,63)(H2,47,49,50)(H3,48,54,55,62)/t25-,26-,27-,28+,29+,30+,32+,33+,34+,74?,75?/m0/s1. The molecule has 8 N–H and O–H groups in total. The minimum Gasteiger partial charge on any atom is -0.459 e. The highest BCUT2D eigenvalue weighted by molar-refractivity contribution is 8.55. The van der Waals surface area contributed by atoms with E-state index in [1.165, 1.54) is 42.7 Å². The van der Waals surface area contributed by atoms with Crippen molar-refractivity contribution in [2.45, 2.75) is 106 Å². The number of nitriles is 1. The number of esters is 1. The summed E-state index contributed by atoms with van der Waals surface area (Å²) in [5, 5.41) is 20.3. The summed E-state index contributed by atoms with van der Waals surface area (Å²) < 4.78 is 84.5. The number of aliphatic hydroxyl groups is 1. The zero-order valence-corrected chi connectivity index (χ0v) is 44.6. The van der Waals surface area contributed by atoms with Crippen molar-refractivity contribution < 1.29 is 60.9 Å². The van der Waals surface area contributed by atoms with Gasteiger partial charge >= 0.3 is 25.3 Å². The molecule has 2 unspecified atom stereocenters. The van der Waals surface area contributed by atoms with E-state index in [0.29, 0.717) is 32.7 Å². The lowest BCUT2D eigenvalue weighted by atomic mass is 10.2. The number of nitrogen functional groups attached to an aromatic ring is 3. The van der Waals surface area contributed by atoms with Crippen LogP contribution in [0.5, 0.6) is 0 Å². The molecule has 9 rings (SSSR count). The highest BCUT2D eigenvalue weighted by Gasteiger charge is 2.48. The number of carbonyl (C=O) groups excluding carboxylic acids is 2. The molecule has 11 atom stereocenters. The molecule has 6 aromatic rings. The molecule has 8 heterocycles. The van der Waals surface area contributed by atoms with E-state index in [9.17, 15) is 34.1 Å². The molecule has 3 fully saturated rings. The van der Waals surface area contributed by atoms with Crippen LogP contribution >= 0.6 is 48.0 Å². The number of imidazole rings is 2. The number of nitrogens with two attached hydrogens (primary N) is 3. The van der Waals surface area contributed by atoms with E-state index in [2.05, 4.69) is 34.9 Å². The lowest BCUT2D eigenvalue weighted by Gasteiger charge is -2.28. The van der Waals surface area contributed by atoms with Crippen molar-refractivity contribution in [1.82, 2.24) is 48.6 Å². The van der Waals surface area contributed by atoms with E-state index in [0.717, 1.165) is 4.57 Å². The number of aromatic amines is 1. The Morgan fingerprint density at radius 3 is 2.14 bits per heavy atom. The van der Waals surface area contributed by atoms with Gasteiger partial charge in [-0.15, -0.1) is 0 Å². The van der Waals surface area contributed by atoms with Gasteiger partial charge in [0.1, 0.15) is 78.8 Å². The number of hydrogen-bond acceptors (Lipinski definition) is 27. The Morgan fingerprint density at radius 1 is 0.831 bits per heavy atom. The predicted molar refractivity (Wildman–Crippen MR) is 275 cm³/mol. The number of benzene rings is 1. The van der Waals surface area contributed by atoms with Gasteiger partial charge in [0.2, 0.25) is 5.95 Å². The third-order valence-corrected chi connectivity index (χ3v) is 19.7. The molecule has 5 aromatic heterocycles. The molecule has 3 aliphatic rings. The van der Waals surface area contributed by atoms with Crippen molar-refractivity contribution >= 4 is 99.6 Å². The van der Waals surface area contributed by atoms with Crippen molar-refractivity contribution in [3.8, 4) is 6.07 Å². The Bertz CT molecular complexity index is 3400. The normalized spacial score (nSPS) is 24.9. The van der Waals surface area contributed by atoms with E-state index in [1.807, 2.05) is 6.07 Å². The van der Waals surface area contributed by atoms with Crippen molar-refractivity contribution in [3.63, 3.8) is 0 Å². The number of aliphatic hydroxyl groups excluding tert-OH is 1. The summed E-state index contributed by atoms with van der Waals surface area (Å²) >= 11 is 7.63. The first-order valence-corrected chi connectivity index (χ1v) is 30.0. The average Bonchev–Trinajstić information content (AvgIpc) is 4.27. The lowest BCUT2D eigenvalue weighted by Crippen LogP contribution is -2.32. The molecular weight excluding hydrogens is 1110 g/mol. The first-order chi connectivity index (χ1) is 36.9. The molecule has 29 nitrogen and oxygen atoms in total. The molecular formula is C43H49ClN14O15P2S2. The van der Waals surface area contributed by atoms with E-state index in [1.54, 1.807) is 28.8 Å². The van der Waals surface area contributed by atoms with Crippen LogP contribution in [0.2, 0.25) is 5.02 Å². The molecule has 0 bridgehead atoms. The van der Waals surface area contributed by atoms with Gasteiger partial charge in [0.15, 0.2) is 22.6 Å². The number of carbonyl (C=O) groups is 2. The van der Waals surface area contributed by atoms with Gasteiger partial charge in [-0.05, 0) is 60.0 Å². The first-order valence-electron chi connectivity index (χ1n) is 23.5. The number of aromatic nitrogens is 10. The number of H-pyrrole nitrogens is 1. The topological polar surface area (TPSA) is 406 Å². The fraction of sp³-hybridized carbons (Fsp3) is 0.465. The maximum absolute atomic E-state index is 15.5. The Hall–Kier alpha value is -5.84. The van der Waals surface area contributed by atoms with Gasteiger partial charge < -0.3 is 46.0 Å². The minimum absolute atomic E-state index is 0.0235. The van der Waals surface area contributed by atoms with Crippen LogP contribution in [-0.4, -0.2) is 128 Å². The summed E-state index contributed by atoms with van der Waals surface area (Å²) in [4.78, 5) is 77.8. The Labute approximate surface area is 448 Å². The van der Waals surface area contributed by atoms with Crippen molar-refractivity contribution in [2.75, 3.05) is 42.8 Å². The van der Waals surface area contributed by atoms with Crippen LogP contribution in [-0.2, 0) is 55.8 Å². The molecule has 3 saturated heterocycles. The third kappa shape index (κ3) is 13.2. The Kier molecular flexibility index (Phi) is 17.4. The second-order valence-corrected chi connectivity index (χ2v) is 26.0. The second-order valence-electron chi connectivity index (χ2n) is 17.5. The SMILES string of the molecule is CC(=O)CCC(=O)O[C@H]1C[C@H](n2ccc(N)nc2=O)O[C@@H]1COP(=O)(O[C@H]1C[C@H](n2cnc3c(N)ncnc32)O[C@@H]1COP(=O)(O[C@H]1C[C@H](n2cnc3c(=O)[nH]c(N)nc32)O[C@@H]1CO)SCCC#N)Sc1ccc(Cl)cc1. The van der Waals surface area contributed by atoms with Crippen molar-refractivity contribution in [2.24, 2.45) is 0 Å². The Balaban J connectivity index is 1.00. The van der Waals surface area contributed by atoms with E-state index in [-0.39, 0.29) is 90.0 Å². The number of rotatable bonds is 23. The third-order valence-electron chi connectivity index (χ3n) is 12.1. The van der Waals surface area contributed by atoms with Crippen LogP contribution in [0.1, 0.15) is 64.1 Å². The van der Waals surface area contributed by atoms with Gasteiger partial charge in [0, 0.05) is 54.0 Å². The molecule has 34 heteroatoms. The summed E-state index contributed by atoms with van der Waals surface area (Å²) in [6.45, 7) is -9.33. The summed E-state index contributed by atoms with van der Waals surface area (Å²) in [6.07, 6.45) is -5.25. The van der Waals surface area contributed by atoms with Crippen molar-refractivity contribution in [1.29, 1.82) is 5.26 Å². The number of Topliss-reactive ketones (excluding diaryl/α,β-unsaturated/α-hetero) is 1. The van der Waals surface area contributed by atoms with Gasteiger partial charge in [0.05, 0.1) is 45.0 Å². The zero-order valence-electron chi connectivity index (χ0n) is 40.4. The monoisotopic (exact) mass is 1160 g/mol. The first kappa shape index (κ1) is 55.9. The molecule has 0 spiro atoms. The highest BCUT2D eigenvalue weighted by atomic mass is 35.5. The van der Waals surface area contributed by atoms with Crippen LogP contribution in [0, 0.1) is 11.3 Å². The lowest BCUT2D eigenvalue weighted by molar-refractivity contribution is -0.153. The van der Waals surface area contributed by atoms with E-state index in [4.69, 9.17) is 65.8 Å². The summed E-state index contributed by atoms with van der Waals surface area (Å²) in [5.41, 5.74) is 16.9.